The lowest BCUT2D eigenvalue weighted by atomic mass is 10.1. The van der Waals surface area contributed by atoms with Gasteiger partial charge >= 0.3 is 0 Å². The zero-order valence-electron chi connectivity index (χ0n) is 14.1. The first kappa shape index (κ1) is 16.9. The van der Waals surface area contributed by atoms with Gasteiger partial charge in [0.25, 0.3) is 0 Å². The molecule has 0 saturated carbocycles. The molecule has 1 amide bonds. The molecule has 122 valence electrons. The molecule has 4 nitrogen and oxygen atoms in total. The Kier molecular flexibility index (Phi) is 6.03. The number of carbonyl (C=O) groups is 1. The van der Waals surface area contributed by atoms with Crippen molar-refractivity contribution >= 4 is 17.3 Å². The number of aryl methyl sites for hydroxylation is 1. The van der Waals surface area contributed by atoms with Crippen LogP contribution in [0.2, 0.25) is 0 Å². The zero-order valence-corrected chi connectivity index (χ0v) is 14.1. The van der Waals surface area contributed by atoms with Gasteiger partial charge in [-0.25, -0.2) is 0 Å². The maximum absolute atomic E-state index is 11.9. The number of amides is 1. The molecule has 0 unspecified atom stereocenters. The van der Waals surface area contributed by atoms with Gasteiger partial charge in [-0.05, 0) is 36.8 Å². The summed E-state index contributed by atoms with van der Waals surface area (Å²) in [5, 5.41) is 6.21. The summed E-state index contributed by atoms with van der Waals surface area (Å²) in [4.78, 5) is 13.9. The smallest absolute Gasteiger partial charge is 0.222 e. The van der Waals surface area contributed by atoms with E-state index in [9.17, 15) is 4.79 Å². The summed E-state index contributed by atoms with van der Waals surface area (Å²) < 4.78 is 0. The Balaban J connectivity index is 1.69. The van der Waals surface area contributed by atoms with Crippen LogP contribution >= 0.6 is 0 Å². The lowest BCUT2D eigenvalue weighted by molar-refractivity contribution is -0.121. The third-order valence-corrected chi connectivity index (χ3v) is 3.68. The molecule has 0 aliphatic heterocycles. The van der Waals surface area contributed by atoms with Crippen LogP contribution in [0.4, 0.5) is 11.4 Å². The molecule has 0 aliphatic carbocycles. The minimum Gasteiger partial charge on any atom is -0.385 e. The molecule has 23 heavy (non-hydrogen) atoms. The summed E-state index contributed by atoms with van der Waals surface area (Å²) in [6, 6.07) is 16.4. The number of hydrogen-bond acceptors (Lipinski definition) is 3. The third kappa shape index (κ3) is 5.66. The predicted octanol–water partition coefficient (Wildman–Crippen LogP) is 3.18. The highest BCUT2D eigenvalue weighted by Gasteiger charge is 2.02. The topological polar surface area (TPSA) is 44.4 Å². The van der Waals surface area contributed by atoms with Crippen molar-refractivity contribution in [2.45, 2.75) is 19.9 Å². The second kappa shape index (κ2) is 8.22. The number of carbonyl (C=O) groups excluding carboxylic acids is 1. The zero-order chi connectivity index (χ0) is 16.7. The van der Waals surface area contributed by atoms with Crippen molar-refractivity contribution in [1.29, 1.82) is 0 Å². The number of nitrogens with one attached hydrogen (secondary N) is 2. The number of anilines is 2. The van der Waals surface area contributed by atoms with Crippen molar-refractivity contribution in [2.24, 2.45) is 0 Å². The quantitative estimate of drug-likeness (QED) is 0.825. The highest BCUT2D eigenvalue weighted by molar-refractivity contribution is 5.76. The lowest BCUT2D eigenvalue weighted by Crippen LogP contribution is -2.24. The van der Waals surface area contributed by atoms with Gasteiger partial charge in [0.15, 0.2) is 0 Å². The highest BCUT2D eigenvalue weighted by atomic mass is 16.1. The van der Waals surface area contributed by atoms with Crippen LogP contribution in [0.25, 0.3) is 0 Å². The maximum Gasteiger partial charge on any atom is 0.222 e. The molecule has 2 N–H and O–H groups in total. The minimum atomic E-state index is 0.0583. The molecule has 0 saturated heterocycles. The van der Waals surface area contributed by atoms with Gasteiger partial charge in [0.1, 0.15) is 0 Å². The Morgan fingerprint density at radius 3 is 2.26 bits per heavy atom. The van der Waals surface area contributed by atoms with E-state index in [0.717, 1.165) is 16.9 Å². The van der Waals surface area contributed by atoms with Crippen LogP contribution < -0.4 is 15.5 Å². The summed E-state index contributed by atoms with van der Waals surface area (Å²) in [6.45, 7) is 3.26. The molecule has 0 aliphatic rings. The maximum atomic E-state index is 11.9. The van der Waals surface area contributed by atoms with E-state index >= 15 is 0 Å². The van der Waals surface area contributed by atoms with Crippen LogP contribution in [0.15, 0.2) is 48.5 Å². The van der Waals surface area contributed by atoms with Crippen LogP contribution in [0.1, 0.15) is 17.5 Å². The standard InChI is InChI=1S/C19H25N3O/c1-15-4-6-16(7-5-15)14-21-19(23)12-13-20-17-8-10-18(11-9-17)22(2)3/h4-11,20H,12-14H2,1-3H3,(H,21,23). The molecule has 4 heteroatoms. The van der Waals surface area contributed by atoms with E-state index in [4.69, 9.17) is 0 Å². The largest absolute Gasteiger partial charge is 0.385 e. The second-order valence-corrected chi connectivity index (χ2v) is 5.88. The molecular weight excluding hydrogens is 286 g/mol. The Bertz CT molecular complexity index is 618. The van der Waals surface area contributed by atoms with E-state index in [0.29, 0.717) is 19.5 Å². The van der Waals surface area contributed by atoms with E-state index in [2.05, 4.69) is 46.7 Å². The molecule has 2 aromatic carbocycles. The van der Waals surface area contributed by atoms with Crippen molar-refractivity contribution in [3.63, 3.8) is 0 Å². The molecule has 2 rings (SSSR count). The van der Waals surface area contributed by atoms with Crippen molar-refractivity contribution in [1.82, 2.24) is 5.32 Å². The Hall–Kier alpha value is -2.49. The summed E-state index contributed by atoms with van der Waals surface area (Å²) in [5.41, 5.74) is 4.54. The van der Waals surface area contributed by atoms with Gasteiger partial charge in [-0.3, -0.25) is 4.79 Å². The number of benzene rings is 2. The van der Waals surface area contributed by atoms with Crippen molar-refractivity contribution < 1.29 is 4.79 Å². The van der Waals surface area contributed by atoms with Gasteiger partial charge in [0.05, 0.1) is 0 Å². The van der Waals surface area contributed by atoms with E-state index in [1.54, 1.807) is 0 Å². The van der Waals surface area contributed by atoms with Gasteiger partial charge in [-0.2, -0.15) is 0 Å². The number of rotatable bonds is 7. The SMILES string of the molecule is Cc1ccc(CNC(=O)CCNc2ccc(N(C)C)cc2)cc1. The first-order valence-corrected chi connectivity index (χ1v) is 7.88. The minimum absolute atomic E-state index is 0.0583. The molecule has 0 radical (unpaired) electrons. The third-order valence-electron chi connectivity index (χ3n) is 3.68. The Morgan fingerprint density at radius 2 is 1.65 bits per heavy atom. The normalized spacial score (nSPS) is 10.2. The van der Waals surface area contributed by atoms with Crippen molar-refractivity contribution in [3.8, 4) is 0 Å². The lowest BCUT2D eigenvalue weighted by Gasteiger charge is -2.13. The van der Waals surface area contributed by atoms with Gasteiger partial charge in [-0.15, -0.1) is 0 Å². The Labute approximate surface area is 138 Å². The molecule has 0 heterocycles. The first-order valence-electron chi connectivity index (χ1n) is 7.88. The van der Waals surface area contributed by atoms with Gasteiger partial charge in [-0.1, -0.05) is 29.8 Å². The number of nitrogens with zero attached hydrogens (tertiary/aromatic N) is 1. The van der Waals surface area contributed by atoms with Crippen molar-refractivity contribution in [2.75, 3.05) is 30.9 Å². The average Bonchev–Trinajstić information content (AvgIpc) is 2.55. The highest BCUT2D eigenvalue weighted by Crippen LogP contribution is 2.15. The van der Waals surface area contributed by atoms with Crippen molar-refractivity contribution in [3.05, 3.63) is 59.7 Å². The summed E-state index contributed by atoms with van der Waals surface area (Å²) in [5.74, 6) is 0.0583. The molecule has 0 fully saturated rings. The van der Waals surface area contributed by atoms with Gasteiger partial charge in [0, 0.05) is 45.0 Å². The fourth-order valence-corrected chi connectivity index (χ4v) is 2.19. The fourth-order valence-electron chi connectivity index (χ4n) is 2.19. The Morgan fingerprint density at radius 1 is 1.00 bits per heavy atom. The average molecular weight is 311 g/mol. The molecule has 0 spiro atoms. The van der Waals surface area contributed by atoms with Gasteiger partial charge in [0.2, 0.25) is 5.91 Å². The van der Waals surface area contributed by atoms with Crippen LogP contribution in [0.3, 0.4) is 0 Å². The summed E-state index contributed by atoms with van der Waals surface area (Å²) >= 11 is 0. The molecule has 0 bridgehead atoms. The summed E-state index contributed by atoms with van der Waals surface area (Å²) in [7, 11) is 4.03. The number of hydrogen-bond donors (Lipinski definition) is 2. The van der Waals surface area contributed by atoms with E-state index in [-0.39, 0.29) is 5.91 Å². The van der Waals surface area contributed by atoms with Crippen LogP contribution in [0, 0.1) is 6.92 Å². The van der Waals surface area contributed by atoms with Crippen LogP contribution in [0.5, 0.6) is 0 Å². The predicted molar refractivity (Wildman–Crippen MR) is 96.9 cm³/mol. The molecule has 0 atom stereocenters. The van der Waals surface area contributed by atoms with E-state index < -0.39 is 0 Å². The van der Waals surface area contributed by atoms with Crippen LogP contribution in [-0.2, 0) is 11.3 Å². The molecule has 0 aromatic heterocycles. The molecular formula is C19H25N3O. The van der Waals surface area contributed by atoms with E-state index in [1.807, 2.05) is 38.4 Å². The fraction of sp³-hybridized carbons (Fsp3) is 0.316. The summed E-state index contributed by atoms with van der Waals surface area (Å²) in [6.07, 6.45) is 0.460. The first-order chi connectivity index (χ1) is 11.0. The van der Waals surface area contributed by atoms with Gasteiger partial charge < -0.3 is 15.5 Å². The molecule has 2 aromatic rings. The second-order valence-electron chi connectivity index (χ2n) is 5.88. The van der Waals surface area contributed by atoms with Crippen LogP contribution in [-0.4, -0.2) is 26.5 Å². The van der Waals surface area contributed by atoms with E-state index in [1.165, 1.54) is 5.56 Å². The monoisotopic (exact) mass is 311 g/mol.